The molecule has 3 heteroatoms. The summed E-state index contributed by atoms with van der Waals surface area (Å²) in [4.78, 5) is 0.867. The predicted octanol–water partition coefficient (Wildman–Crippen LogP) is 2.22. The molecule has 0 fully saturated rings. The molecule has 1 aromatic rings. The number of hydrogen-bond acceptors (Lipinski definition) is 2. The molecule has 0 atom stereocenters. The third kappa shape index (κ3) is 2.39. The van der Waals surface area contributed by atoms with Gasteiger partial charge in [0.2, 0.25) is 0 Å². The fourth-order valence-electron chi connectivity index (χ4n) is 0.828. The van der Waals surface area contributed by atoms with Crippen molar-refractivity contribution in [2.45, 2.75) is 4.90 Å². The number of benzene rings is 1. The van der Waals surface area contributed by atoms with Gasteiger partial charge in [0.1, 0.15) is 7.14 Å². The first-order valence-electron chi connectivity index (χ1n) is 3.35. The second kappa shape index (κ2) is 3.04. The van der Waals surface area contributed by atoms with Crippen LogP contribution >= 0.6 is 19.8 Å². The predicted molar refractivity (Wildman–Crippen MR) is 52.8 cm³/mol. The molecule has 1 nitrogen and oxygen atoms in total. The highest BCUT2D eigenvalue weighted by Gasteiger charge is 2.09. The van der Waals surface area contributed by atoms with Crippen LogP contribution in [0.4, 0.5) is 0 Å². The maximum atomic E-state index is 11.5. The van der Waals surface area contributed by atoms with Crippen LogP contribution in [0.2, 0.25) is 0 Å². The van der Waals surface area contributed by atoms with Crippen LogP contribution in [-0.4, -0.2) is 13.3 Å². The number of hydrogen-bond donors (Lipinski definition) is 1. The molecule has 0 aliphatic rings. The molecule has 0 aliphatic carbocycles. The highest BCUT2D eigenvalue weighted by molar-refractivity contribution is 7.80. The fourth-order valence-corrected chi connectivity index (χ4v) is 2.05. The normalized spacial score (nSPS) is 11.5. The largest absolute Gasteiger partial charge is 0.319 e. The average molecular weight is 186 g/mol. The van der Waals surface area contributed by atoms with E-state index in [1.807, 2.05) is 24.3 Å². The molecule has 0 spiro atoms. The number of rotatable bonds is 1. The fraction of sp³-hybridized carbons (Fsp3) is 0.250. The van der Waals surface area contributed by atoms with Crippen LogP contribution in [0.3, 0.4) is 0 Å². The summed E-state index contributed by atoms with van der Waals surface area (Å²) < 4.78 is 11.5. The minimum Gasteiger partial charge on any atom is -0.319 e. The Labute approximate surface area is 72.6 Å². The lowest BCUT2D eigenvalue weighted by Gasteiger charge is -2.06. The maximum Gasteiger partial charge on any atom is 0.109 e. The molecule has 60 valence electrons. The third-order valence-corrected chi connectivity index (χ3v) is 3.25. The summed E-state index contributed by atoms with van der Waals surface area (Å²) in [5, 5.41) is 0.894. The Morgan fingerprint density at radius 1 is 1.36 bits per heavy atom. The Morgan fingerprint density at radius 3 is 2.36 bits per heavy atom. The smallest absolute Gasteiger partial charge is 0.109 e. The zero-order valence-electron chi connectivity index (χ0n) is 6.61. The quantitative estimate of drug-likeness (QED) is 0.525. The van der Waals surface area contributed by atoms with Crippen molar-refractivity contribution in [3.05, 3.63) is 24.3 Å². The molecule has 0 unspecified atom stereocenters. The molecule has 1 aromatic carbocycles. The van der Waals surface area contributed by atoms with E-state index in [1.54, 1.807) is 13.3 Å². The second-order valence-electron chi connectivity index (χ2n) is 2.87. The van der Waals surface area contributed by atoms with Gasteiger partial charge >= 0.3 is 0 Å². The molecule has 0 heterocycles. The van der Waals surface area contributed by atoms with E-state index in [0.717, 1.165) is 10.2 Å². The van der Waals surface area contributed by atoms with Crippen molar-refractivity contribution in [3.63, 3.8) is 0 Å². The van der Waals surface area contributed by atoms with E-state index in [2.05, 4.69) is 12.6 Å². The van der Waals surface area contributed by atoms with Crippen LogP contribution in [0.15, 0.2) is 29.2 Å². The van der Waals surface area contributed by atoms with E-state index < -0.39 is 7.14 Å². The summed E-state index contributed by atoms with van der Waals surface area (Å²) in [6, 6.07) is 7.48. The summed E-state index contributed by atoms with van der Waals surface area (Å²) in [5.74, 6) is 0. The Morgan fingerprint density at radius 2 is 2.00 bits per heavy atom. The van der Waals surface area contributed by atoms with Crippen LogP contribution in [0.5, 0.6) is 0 Å². The van der Waals surface area contributed by atoms with Crippen molar-refractivity contribution in [2.75, 3.05) is 13.3 Å². The summed E-state index contributed by atoms with van der Waals surface area (Å²) in [6.07, 6.45) is 0. The van der Waals surface area contributed by atoms with Crippen molar-refractivity contribution in [1.29, 1.82) is 0 Å². The minimum absolute atomic E-state index is 0.867. The molecular weight excluding hydrogens is 175 g/mol. The summed E-state index contributed by atoms with van der Waals surface area (Å²) in [7, 11) is -2.09. The Kier molecular flexibility index (Phi) is 2.46. The zero-order valence-corrected chi connectivity index (χ0v) is 8.40. The van der Waals surface area contributed by atoms with Gasteiger partial charge in [-0.25, -0.2) is 0 Å². The van der Waals surface area contributed by atoms with Gasteiger partial charge in [-0.05, 0) is 25.5 Å². The SMILES string of the molecule is CP(C)(=O)c1cccc(S)c1. The zero-order chi connectivity index (χ0) is 8.48. The van der Waals surface area contributed by atoms with Gasteiger partial charge in [0.15, 0.2) is 0 Å². The molecule has 11 heavy (non-hydrogen) atoms. The van der Waals surface area contributed by atoms with Gasteiger partial charge in [0, 0.05) is 10.2 Å². The lowest BCUT2D eigenvalue weighted by Crippen LogP contribution is -2.01. The minimum atomic E-state index is -2.09. The molecule has 0 saturated heterocycles. The summed E-state index contributed by atoms with van der Waals surface area (Å²) >= 11 is 4.16. The van der Waals surface area contributed by atoms with Crippen LogP contribution < -0.4 is 5.30 Å². The van der Waals surface area contributed by atoms with Gasteiger partial charge < -0.3 is 4.57 Å². The van der Waals surface area contributed by atoms with Crippen LogP contribution in [-0.2, 0) is 4.57 Å². The van der Waals surface area contributed by atoms with Crippen molar-refractivity contribution in [1.82, 2.24) is 0 Å². The Hall–Kier alpha value is -0.200. The molecule has 1 rings (SSSR count). The van der Waals surface area contributed by atoms with Crippen LogP contribution in [0.25, 0.3) is 0 Å². The first-order chi connectivity index (χ1) is 5.00. The van der Waals surface area contributed by atoms with Crippen molar-refractivity contribution >= 4 is 25.1 Å². The first-order valence-corrected chi connectivity index (χ1v) is 6.39. The highest BCUT2D eigenvalue weighted by atomic mass is 32.1. The van der Waals surface area contributed by atoms with Gasteiger partial charge in [0.25, 0.3) is 0 Å². The van der Waals surface area contributed by atoms with Crippen LogP contribution in [0, 0.1) is 0 Å². The van der Waals surface area contributed by atoms with E-state index in [9.17, 15) is 4.57 Å². The van der Waals surface area contributed by atoms with E-state index >= 15 is 0 Å². The van der Waals surface area contributed by atoms with E-state index in [0.29, 0.717) is 0 Å². The van der Waals surface area contributed by atoms with Gasteiger partial charge in [-0.2, -0.15) is 0 Å². The molecule has 0 radical (unpaired) electrons. The average Bonchev–Trinajstić information content (AvgIpc) is 1.86. The molecule has 0 N–H and O–H groups in total. The lowest BCUT2D eigenvalue weighted by atomic mass is 10.4. The monoisotopic (exact) mass is 186 g/mol. The molecule has 0 saturated carbocycles. The van der Waals surface area contributed by atoms with E-state index in [-0.39, 0.29) is 0 Å². The van der Waals surface area contributed by atoms with Crippen molar-refractivity contribution in [2.24, 2.45) is 0 Å². The molecule has 0 amide bonds. The van der Waals surface area contributed by atoms with E-state index in [1.165, 1.54) is 0 Å². The van der Waals surface area contributed by atoms with Gasteiger partial charge in [-0.1, -0.05) is 12.1 Å². The topological polar surface area (TPSA) is 17.1 Å². The van der Waals surface area contributed by atoms with Crippen LogP contribution in [0.1, 0.15) is 0 Å². The molecular formula is C8H11OPS. The van der Waals surface area contributed by atoms with Gasteiger partial charge in [0.05, 0.1) is 0 Å². The highest BCUT2D eigenvalue weighted by Crippen LogP contribution is 2.34. The number of thiol groups is 1. The van der Waals surface area contributed by atoms with Gasteiger partial charge in [-0.3, -0.25) is 0 Å². The second-order valence-corrected chi connectivity index (χ2v) is 6.61. The summed E-state index contributed by atoms with van der Waals surface area (Å²) in [6.45, 7) is 3.52. The summed E-state index contributed by atoms with van der Waals surface area (Å²) in [5.41, 5.74) is 0. The lowest BCUT2D eigenvalue weighted by molar-refractivity contribution is 0.588. The Bertz CT molecular complexity index is 303. The third-order valence-electron chi connectivity index (χ3n) is 1.45. The Balaban J connectivity index is 3.17. The maximum absolute atomic E-state index is 11.5. The van der Waals surface area contributed by atoms with E-state index in [4.69, 9.17) is 0 Å². The van der Waals surface area contributed by atoms with Gasteiger partial charge in [-0.15, -0.1) is 12.6 Å². The van der Waals surface area contributed by atoms with Crippen molar-refractivity contribution in [3.8, 4) is 0 Å². The molecule has 0 bridgehead atoms. The molecule has 0 aliphatic heterocycles. The first kappa shape index (κ1) is 8.89. The molecule has 0 aromatic heterocycles. The standard InChI is InChI=1S/C8H11OPS/c1-10(2,9)7-4-3-5-8(11)6-7/h3-6,11H,1-2H3. The van der Waals surface area contributed by atoms with Crippen molar-refractivity contribution < 1.29 is 4.57 Å².